The van der Waals surface area contributed by atoms with Gasteiger partial charge >= 0.3 is 0 Å². The van der Waals surface area contributed by atoms with Gasteiger partial charge in [0.2, 0.25) is 0 Å². The number of carbonyl (C=O) groups excluding carboxylic acids is 1. The van der Waals surface area contributed by atoms with Gasteiger partial charge in [-0.15, -0.1) is 0 Å². The molecule has 0 unspecified atom stereocenters. The molecule has 170 valence electrons. The number of benzene rings is 2. The number of amides is 1. The number of nitrogens with one attached hydrogen (secondary N) is 2. The number of nitro benzene ring substituents is 1. The van der Waals surface area contributed by atoms with E-state index in [0.717, 1.165) is 0 Å². The zero-order valence-electron chi connectivity index (χ0n) is 17.6. The molecule has 1 heterocycles. The maximum Gasteiger partial charge on any atom is 0.291 e. The molecule has 10 nitrogen and oxygen atoms in total. The molecule has 1 amide bonds. The lowest BCUT2D eigenvalue weighted by Crippen LogP contribution is -2.22. The van der Waals surface area contributed by atoms with Crippen LogP contribution in [-0.4, -0.2) is 25.0 Å². The van der Waals surface area contributed by atoms with Crippen LogP contribution in [-0.2, 0) is 16.4 Å². The lowest BCUT2D eigenvalue weighted by atomic mass is 9.93. The van der Waals surface area contributed by atoms with Gasteiger partial charge in [-0.25, -0.2) is 0 Å². The maximum atomic E-state index is 12.8. The van der Waals surface area contributed by atoms with Gasteiger partial charge in [-0.05, 0) is 38.0 Å². The second-order valence-electron chi connectivity index (χ2n) is 7.44. The van der Waals surface area contributed by atoms with Crippen molar-refractivity contribution in [2.45, 2.75) is 31.1 Å². The number of non-ortho nitro benzene ring substituents is 1. The third-order valence-corrected chi connectivity index (χ3v) is 6.43. The number of aryl methyl sites for hydroxylation is 1. The van der Waals surface area contributed by atoms with E-state index in [1.165, 1.54) is 36.4 Å². The van der Waals surface area contributed by atoms with Gasteiger partial charge in [0.1, 0.15) is 5.76 Å². The number of hydrazone groups is 1. The largest absolute Gasteiger partial charge is 0.455 e. The molecule has 0 atom stereocenters. The molecule has 2 N–H and O–H groups in total. The van der Waals surface area contributed by atoms with Crippen molar-refractivity contribution in [3.05, 3.63) is 87.4 Å². The Morgan fingerprint density at radius 2 is 1.88 bits per heavy atom. The van der Waals surface area contributed by atoms with Crippen LogP contribution in [0.2, 0.25) is 0 Å². The maximum absolute atomic E-state index is 12.8. The van der Waals surface area contributed by atoms with E-state index < -0.39 is 20.9 Å². The third-order valence-electron chi connectivity index (χ3n) is 5.20. The molecule has 0 aliphatic heterocycles. The smallest absolute Gasteiger partial charge is 0.291 e. The summed E-state index contributed by atoms with van der Waals surface area (Å²) in [5.74, 6) is 0.0271. The van der Waals surface area contributed by atoms with Crippen LogP contribution in [0.1, 0.15) is 40.3 Å². The minimum Gasteiger partial charge on any atom is -0.455 e. The summed E-state index contributed by atoms with van der Waals surface area (Å²) in [5.41, 5.74) is 1.70. The topological polar surface area (TPSA) is 144 Å². The molecule has 3 aromatic rings. The molecule has 11 heteroatoms. The molecule has 33 heavy (non-hydrogen) atoms. The van der Waals surface area contributed by atoms with Gasteiger partial charge in [0.25, 0.3) is 21.6 Å². The van der Waals surface area contributed by atoms with Crippen LogP contribution in [0, 0.1) is 17.0 Å². The molecule has 4 rings (SSSR count). The van der Waals surface area contributed by atoms with Gasteiger partial charge in [-0.1, -0.05) is 24.3 Å². The molecule has 0 radical (unpaired) electrons. The van der Waals surface area contributed by atoms with E-state index in [0.29, 0.717) is 41.9 Å². The summed E-state index contributed by atoms with van der Waals surface area (Å²) in [6.45, 7) is 1.69. The normalized spacial score (nSPS) is 14.5. The Kier molecular flexibility index (Phi) is 5.97. The fourth-order valence-corrected chi connectivity index (χ4v) is 4.50. The number of hydrogen-bond donors (Lipinski definition) is 2. The van der Waals surface area contributed by atoms with Crippen LogP contribution >= 0.6 is 0 Å². The van der Waals surface area contributed by atoms with Crippen LogP contribution in [0.4, 0.5) is 11.4 Å². The summed E-state index contributed by atoms with van der Waals surface area (Å²) >= 11 is 0. The Morgan fingerprint density at radius 3 is 2.61 bits per heavy atom. The number of nitrogens with zero attached hydrogens (tertiary/aromatic N) is 2. The second-order valence-corrected chi connectivity index (χ2v) is 9.10. The number of rotatable bonds is 6. The van der Waals surface area contributed by atoms with Gasteiger partial charge in [-0.2, -0.15) is 18.4 Å². The Morgan fingerprint density at radius 1 is 1.12 bits per heavy atom. The van der Waals surface area contributed by atoms with Gasteiger partial charge in [0.05, 0.1) is 15.5 Å². The molecule has 0 saturated heterocycles. The quantitative estimate of drug-likeness (QED) is 0.416. The van der Waals surface area contributed by atoms with Crippen LogP contribution < -0.4 is 10.1 Å². The highest BCUT2D eigenvalue weighted by Crippen LogP contribution is 2.30. The summed E-state index contributed by atoms with van der Waals surface area (Å²) in [5, 5.41) is 17.7. The Hall–Kier alpha value is -3.99. The average Bonchev–Trinajstić information content (AvgIpc) is 3.16. The molecule has 0 bridgehead atoms. The summed E-state index contributed by atoms with van der Waals surface area (Å²) < 4.78 is 30.8. The highest BCUT2D eigenvalue weighted by Gasteiger charge is 2.28. The molecule has 1 aliphatic rings. The molecule has 0 spiro atoms. The zero-order valence-corrected chi connectivity index (χ0v) is 18.4. The Balaban J connectivity index is 1.60. The van der Waals surface area contributed by atoms with E-state index in [1.54, 1.807) is 25.1 Å². The average molecular weight is 468 g/mol. The van der Waals surface area contributed by atoms with E-state index in [4.69, 9.17) is 4.42 Å². The number of furan rings is 1. The predicted molar refractivity (Wildman–Crippen MR) is 121 cm³/mol. The van der Waals surface area contributed by atoms with Crippen LogP contribution in [0.3, 0.4) is 0 Å². The molecule has 0 fully saturated rings. The first kappa shape index (κ1) is 22.2. The van der Waals surface area contributed by atoms with Crippen molar-refractivity contribution in [2.24, 2.45) is 5.10 Å². The van der Waals surface area contributed by atoms with Crippen molar-refractivity contribution in [2.75, 3.05) is 5.32 Å². The minimum absolute atomic E-state index is 0.0482. The summed E-state index contributed by atoms with van der Waals surface area (Å²) in [7, 11) is -3.84. The molecular formula is C22H20N4O6S. The monoisotopic (exact) mass is 468 g/mol. The van der Waals surface area contributed by atoms with Gasteiger partial charge in [0.15, 0.2) is 5.76 Å². The molecule has 1 aliphatic carbocycles. The Labute approximate surface area is 189 Å². The fourth-order valence-electron chi connectivity index (χ4n) is 3.65. The van der Waals surface area contributed by atoms with Gasteiger partial charge in [0, 0.05) is 35.4 Å². The van der Waals surface area contributed by atoms with E-state index >= 15 is 0 Å². The third kappa shape index (κ3) is 4.62. The number of carbonyl (C=O) groups is 1. The fraction of sp³-hybridized carbons (Fsp3) is 0.182. The number of anilines is 1. The summed E-state index contributed by atoms with van der Waals surface area (Å²) in [4.78, 5) is 25.6. The first-order chi connectivity index (χ1) is 15.8. The van der Waals surface area contributed by atoms with E-state index in [2.05, 4.69) is 15.2 Å². The molecular weight excluding hydrogens is 448 g/mol. The lowest BCUT2D eigenvalue weighted by molar-refractivity contribution is -0.384. The number of sulfonamides is 1. The van der Waals surface area contributed by atoms with Crippen molar-refractivity contribution in [3.63, 3.8) is 0 Å². The van der Waals surface area contributed by atoms with E-state index in [9.17, 15) is 23.3 Å². The molecule has 1 aromatic heterocycles. The van der Waals surface area contributed by atoms with Crippen molar-refractivity contribution < 1.29 is 22.6 Å². The lowest BCUT2D eigenvalue weighted by Gasteiger charge is -2.14. The van der Waals surface area contributed by atoms with Crippen molar-refractivity contribution in [1.29, 1.82) is 0 Å². The van der Waals surface area contributed by atoms with Crippen molar-refractivity contribution in [1.82, 2.24) is 4.83 Å². The standard InChI is InChI=1S/C22H20N4O6S/c1-14-20-18(24-25-33(30,31)17-9-3-2-4-10-17)11-6-12-19(20)32-21(14)22(27)23-15-7-5-8-16(13-15)26(28)29/h2-5,7-10,13,25H,6,11-12H2,1H3,(H,23,27)/b24-18+. The SMILES string of the molecule is Cc1c(C(=O)Nc2cccc([N+](=O)[O-])c2)oc2c1/C(=N/NS(=O)(=O)c1ccccc1)CCC2. The first-order valence-corrected chi connectivity index (χ1v) is 11.6. The van der Waals surface area contributed by atoms with E-state index in [1.807, 2.05) is 0 Å². The summed E-state index contributed by atoms with van der Waals surface area (Å²) in [6.07, 6.45) is 1.76. The predicted octanol–water partition coefficient (Wildman–Crippen LogP) is 3.77. The van der Waals surface area contributed by atoms with Gasteiger partial charge in [-0.3, -0.25) is 14.9 Å². The van der Waals surface area contributed by atoms with Crippen LogP contribution in [0.5, 0.6) is 0 Å². The van der Waals surface area contributed by atoms with Crippen LogP contribution in [0.25, 0.3) is 0 Å². The van der Waals surface area contributed by atoms with Crippen molar-refractivity contribution in [3.8, 4) is 0 Å². The summed E-state index contributed by atoms with van der Waals surface area (Å²) in [6, 6.07) is 13.5. The van der Waals surface area contributed by atoms with Crippen molar-refractivity contribution >= 4 is 33.0 Å². The number of hydrogen-bond acceptors (Lipinski definition) is 7. The molecule has 0 saturated carbocycles. The number of fused-ring (bicyclic) bond motifs is 1. The first-order valence-electron chi connectivity index (χ1n) is 10.1. The molecule has 2 aromatic carbocycles. The Bertz CT molecular complexity index is 1360. The van der Waals surface area contributed by atoms with Crippen LogP contribution in [0.15, 0.2) is 69.0 Å². The minimum atomic E-state index is -3.84. The highest BCUT2D eigenvalue weighted by molar-refractivity contribution is 7.89. The highest BCUT2D eigenvalue weighted by atomic mass is 32.2. The van der Waals surface area contributed by atoms with E-state index in [-0.39, 0.29) is 22.0 Å². The number of nitro groups is 1. The van der Waals surface area contributed by atoms with Gasteiger partial charge < -0.3 is 9.73 Å². The second kappa shape index (κ2) is 8.87. The zero-order chi connectivity index (χ0) is 23.6.